The molecule has 0 saturated carbocycles. The van der Waals surface area contributed by atoms with Crippen LogP contribution in [0, 0.1) is 11.3 Å². The van der Waals surface area contributed by atoms with Gasteiger partial charge >= 0.3 is 0 Å². The van der Waals surface area contributed by atoms with Crippen LogP contribution in [0.1, 0.15) is 81.8 Å². The van der Waals surface area contributed by atoms with Crippen molar-refractivity contribution < 1.29 is 24.1 Å². The van der Waals surface area contributed by atoms with Crippen molar-refractivity contribution in [3.8, 4) is 29.1 Å². The number of unbranched alkanes of at least 4 members (excludes halogenated alkanes) is 1. The zero-order valence-electron chi connectivity index (χ0n) is 21.1. The summed E-state index contributed by atoms with van der Waals surface area (Å²) >= 11 is 0. The van der Waals surface area contributed by atoms with E-state index in [2.05, 4.69) is 13.0 Å². The number of Topliss-reactive ketones (excluding diaryl/α,β-unsaturated/α-hetero) is 1. The molecule has 0 aliphatic heterocycles. The molecule has 0 spiro atoms. The van der Waals surface area contributed by atoms with Gasteiger partial charge < -0.3 is 19.3 Å². The molecule has 2 aromatic rings. The highest BCUT2D eigenvalue weighted by Gasteiger charge is 2.22. The molecule has 0 aliphatic carbocycles. The second-order valence-electron chi connectivity index (χ2n) is 8.93. The van der Waals surface area contributed by atoms with Gasteiger partial charge in [0, 0.05) is 18.1 Å². The number of nitriles is 1. The van der Waals surface area contributed by atoms with Crippen LogP contribution < -0.4 is 14.2 Å². The summed E-state index contributed by atoms with van der Waals surface area (Å²) in [6.07, 6.45) is 4.08. The fourth-order valence-corrected chi connectivity index (χ4v) is 3.46. The number of nitrogens with zero attached hydrogens (tertiary/aromatic N) is 1. The van der Waals surface area contributed by atoms with Gasteiger partial charge in [-0.3, -0.25) is 4.79 Å². The molecule has 0 aliphatic rings. The van der Waals surface area contributed by atoms with Gasteiger partial charge in [0.25, 0.3) is 0 Å². The van der Waals surface area contributed by atoms with E-state index in [1.54, 1.807) is 12.1 Å². The van der Waals surface area contributed by atoms with Crippen molar-refractivity contribution in [1.29, 1.82) is 5.26 Å². The van der Waals surface area contributed by atoms with E-state index in [4.69, 9.17) is 14.2 Å². The number of phenolic OH excluding ortho intramolecular Hbond substituents is 1. The lowest BCUT2D eigenvalue weighted by Gasteiger charge is -2.19. The number of hydrogen-bond donors (Lipinski definition) is 1. The Morgan fingerprint density at radius 3 is 2.15 bits per heavy atom. The fraction of sp³-hybridized carbons (Fsp3) is 0.500. The maximum atomic E-state index is 11.7. The quantitative estimate of drug-likeness (QED) is 0.256. The zero-order chi connectivity index (χ0) is 25.1. The molecular formula is C28H37NO5. The number of ketones is 1. The van der Waals surface area contributed by atoms with Crippen molar-refractivity contribution in [3.05, 3.63) is 47.0 Å². The van der Waals surface area contributed by atoms with Gasteiger partial charge in [-0.05, 0) is 63.4 Å². The Morgan fingerprint density at radius 1 is 0.971 bits per heavy atom. The molecule has 34 heavy (non-hydrogen) atoms. The van der Waals surface area contributed by atoms with Crippen LogP contribution in [0.15, 0.2) is 30.3 Å². The van der Waals surface area contributed by atoms with Gasteiger partial charge in [0.1, 0.15) is 23.0 Å². The third kappa shape index (κ3) is 7.41. The Morgan fingerprint density at radius 2 is 1.59 bits per heavy atom. The Bertz CT molecular complexity index is 1010. The molecule has 184 valence electrons. The van der Waals surface area contributed by atoms with E-state index in [1.807, 2.05) is 39.0 Å². The van der Waals surface area contributed by atoms with Gasteiger partial charge in [0.05, 0.1) is 36.9 Å². The molecule has 1 N–H and O–H groups in total. The fourth-order valence-electron chi connectivity index (χ4n) is 3.46. The molecule has 0 unspecified atom stereocenters. The van der Waals surface area contributed by atoms with Crippen LogP contribution in [-0.2, 0) is 11.8 Å². The summed E-state index contributed by atoms with van der Waals surface area (Å²) in [5.74, 6) is 1.78. The molecule has 0 aromatic heterocycles. The minimum atomic E-state index is -0.658. The average molecular weight is 468 g/mol. The molecule has 0 saturated heterocycles. The Labute approximate surface area is 203 Å². The number of hydrogen-bond acceptors (Lipinski definition) is 6. The summed E-state index contributed by atoms with van der Waals surface area (Å²) in [4.78, 5) is 11.7. The molecule has 0 atom stereocenters. The number of benzene rings is 2. The first-order valence-electron chi connectivity index (χ1n) is 12.0. The molecule has 0 fully saturated rings. The predicted molar refractivity (Wildman–Crippen MR) is 133 cm³/mol. The molecule has 0 heterocycles. The third-order valence-electron chi connectivity index (χ3n) is 5.58. The second kappa shape index (κ2) is 12.9. The van der Waals surface area contributed by atoms with Gasteiger partial charge in [0.15, 0.2) is 5.78 Å². The lowest BCUT2D eigenvalue weighted by molar-refractivity contribution is 0.101. The minimum absolute atomic E-state index is 0.00984. The lowest BCUT2D eigenvalue weighted by Crippen LogP contribution is -2.14. The number of aromatic hydroxyl groups is 1. The number of phenols is 1. The highest BCUT2D eigenvalue weighted by Crippen LogP contribution is 2.33. The maximum Gasteiger partial charge on any atom is 0.163 e. The van der Waals surface area contributed by atoms with Crippen molar-refractivity contribution in [1.82, 2.24) is 0 Å². The highest BCUT2D eigenvalue weighted by atomic mass is 16.5. The van der Waals surface area contributed by atoms with E-state index in [0.717, 1.165) is 24.8 Å². The Balaban J connectivity index is 2.02. The van der Waals surface area contributed by atoms with Crippen molar-refractivity contribution in [2.24, 2.45) is 0 Å². The number of carbonyl (C=O) groups is 1. The Hall–Kier alpha value is -3.20. The van der Waals surface area contributed by atoms with Crippen LogP contribution >= 0.6 is 0 Å². The van der Waals surface area contributed by atoms with Crippen LogP contribution in [0.3, 0.4) is 0 Å². The van der Waals surface area contributed by atoms with Crippen molar-refractivity contribution in [3.63, 3.8) is 0 Å². The van der Waals surface area contributed by atoms with E-state index >= 15 is 0 Å². The van der Waals surface area contributed by atoms with Crippen LogP contribution in [-0.4, -0.2) is 30.7 Å². The van der Waals surface area contributed by atoms with E-state index in [-0.39, 0.29) is 11.5 Å². The molecule has 2 aromatic carbocycles. The SMILES string of the molecule is CCCCOc1cc(OCCCOc2ccc(C(C)=O)c(O)c2CCC)cc(C(C)(C)C#N)c1. The molecule has 0 bridgehead atoms. The number of carbonyl (C=O) groups excluding carboxylic acids is 1. The van der Waals surface area contributed by atoms with Gasteiger partial charge in [0.2, 0.25) is 0 Å². The molecule has 0 radical (unpaired) electrons. The molecule has 6 heteroatoms. The van der Waals surface area contributed by atoms with E-state index in [0.29, 0.717) is 61.0 Å². The van der Waals surface area contributed by atoms with Gasteiger partial charge in [-0.25, -0.2) is 0 Å². The average Bonchev–Trinajstić information content (AvgIpc) is 2.80. The maximum absolute atomic E-state index is 11.7. The van der Waals surface area contributed by atoms with E-state index < -0.39 is 5.41 Å². The van der Waals surface area contributed by atoms with Crippen LogP contribution in [0.2, 0.25) is 0 Å². The van der Waals surface area contributed by atoms with E-state index in [9.17, 15) is 15.2 Å². The zero-order valence-corrected chi connectivity index (χ0v) is 21.1. The van der Waals surface area contributed by atoms with Crippen LogP contribution in [0.4, 0.5) is 0 Å². The van der Waals surface area contributed by atoms with Crippen molar-refractivity contribution in [2.45, 2.75) is 72.1 Å². The number of rotatable bonds is 14. The van der Waals surface area contributed by atoms with Crippen LogP contribution in [0.25, 0.3) is 0 Å². The summed E-state index contributed by atoms with van der Waals surface area (Å²) in [6, 6.07) is 11.3. The monoisotopic (exact) mass is 467 g/mol. The summed E-state index contributed by atoms with van der Waals surface area (Å²) in [5, 5.41) is 20.0. The summed E-state index contributed by atoms with van der Waals surface area (Å²) in [6.45, 7) is 10.8. The highest BCUT2D eigenvalue weighted by molar-refractivity contribution is 5.97. The first kappa shape index (κ1) is 27.0. The molecule has 0 amide bonds. The van der Waals surface area contributed by atoms with Crippen molar-refractivity contribution >= 4 is 5.78 Å². The normalized spacial score (nSPS) is 11.1. The standard InChI is InChI=1S/C28H37NO5/c1-6-8-13-32-22-16-21(28(4,5)19-29)17-23(18-22)33-14-9-15-34-26-12-11-24(20(3)30)27(31)25(26)10-7-2/h11-12,16-18,31H,6-10,13-15H2,1-5H3. The third-order valence-corrected chi connectivity index (χ3v) is 5.58. The lowest BCUT2D eigenvalue weighted by atomic mass is 9.86. The first-order chi connectivity index (χ1) is 16.2. The number of ether oxygens (including phenoxy) is 3. The molecule has 6 nitrogen and oxygen atoms in total. The summed E-state index contributed by atoms with van der Waals surface area (Å²) in [5.41, 5.74) is 1.17. The van der Waals surface area contributed by atoms with Gasteiger partial charge in [-0.2, -0.15) is 5.26 Å². The molecular weight excluding hydrogens is 430 g/mol. The topological polar surface area (TPSA) is 88.8 Å². The molecule has 2 rings (SSSR count). The van der Waals surface area contributed by atoms with Gasteiger partial charge in [-0.15, -0.1) is 0 Å². The Kier molecular flexibility index (Phi) is 10.2. The van der Waals surface area contributed by atoms with Gasteiger partial charge in [-0.1, -0.05) is 26.7 Å². The van der Waals surface area contributed by atoms with Crippen LogP contribution in [0.5, 0.6) is 23.0 Å². The largest absolute Gasteiger partial charge is 0.507 e. The summed E-state index contributed by atoms with van der Waals surface area (Å²) < 4.78 is 17.7. The minimum Gasteiger partial charge on any atom is -0.507 e. The van der Waals surface area contributed by atoms with Crippen molar-refractivity contribution in [2.75, 3.05) is 19.8 Å². The second-order valence-corrected chi connectivity index (χ2v) is 8.93. The smallest absolute Gasteiger partial charge is 0.163 e. The summed E-state index contributed by atoms with van der Waals surface area (Å²) in [7, 11) is 0. The van der Waals surface area contributed by atoms with E-state index in [1.165, 1.54) is 6.92 Å². The first-order valence-corrected chi connectivity index (χ1v) is 12.0. The predicted octanol–water partition coefficient (Wildman–Crippen LogP) is 6.38.